The Kier molecular flexibility index (Phi) is 4.77. The lowest BCUT2D eigenvalue weighted by molar-refractivity contribution is -0.138. The van der Waals surface area contributed by atoms with Crippen molar-refractivity contribution in [3.05, 3.63) is 29.3 Å². The lowest BCUT2D eigenvalue weighted by Gasteiger charge is -2.36. The number of ether oxygens (including phenoxy) is 1. The van der Waals surface area contributed by atoms with Gasteiger partial charge in [0, 0.05) is 6.54 Å². The van der Waals surface area contributed by atoms with Gasteiger partial charge in [-0.1, -0.05) is 6.07 Å². The molecular weight excluding hydrogens is 306 g/mol. The van der Waals surface area contributed by atoms with Crippen LogP contribution in [0.4, 0.5) is 0 Å². The van der Waals surface area contributed by atoms with E-state index in [9.17, 15) is 18.3 Å². The highest BCUT2D eigenvalue weighted by atomic mass is 32.2. The normalized spacial score (nSPS) is 19.0. The van der Waals surface area contributed by atoms with Gasteiger partial charge in [0.15, 0.2) is 0 Å². The van der Waals surface area contributed by atoms with Crippen molar-refractivity contribution in [1.29, 1.82) is 0 Å². The van der Waals surface area contributed by atoms with Crippen LogP contribution in [0.1, 0.15) is 37.4 Å². The molecule has 1 N–H and O–H groups in total. The van der Waals surface area contributed by atoms with E-state index in [2.05, 4.69) is 0 Å². The number of nitrogens with zero attached hydrogens (tertiary/aromatic N) is 1. The molecule has 0 saturated heterocycles. The Morgan fingerprint density at radius 2 is 2.14 bits per heavy atom. The minimum absolute atomic E-state index is 0.258. The van der Waals surface area contributed by atoms with E-state index in [1.54, 1.807) is 19.9 Å². The van der Waals surface area contributed by atoms with Crippen molar-refractivity contribution in [1.82, 2.24) is 4.31 Å². The van der Waals surface area contributed by atoms with E-state index in [0.29, 0.717) is 18.7 Å². The lowest BCUT2D eigenvalue weighted by atomic mass is 9.92. The second-order valence-corrected chi connectivity index (χ2v) is 8.07. The van der Waals surface area contributed by atoms with Gasteiger partial charge < -0.3 is 9.84 Å². The number of hydrogen-bond acceptors (Lipinski definition) is 4. The number of sulfonamides is 1. The summed E-state index contributed by atoms with van der Waals surface area (Å²) in [7, 11) is -2.00. The van der Waals surface area contributed by atoms with Gasteiger partial charge in [0.25, 0.3) is 0 Å². The Bertz CT molecular complexity index is 669. The van der Waals surface area contributed by atoms with Crippen molar-refractivity contribution in [2.45, 2.75) is 38.0 Å². The highest BCUT2D eigenvalue weighted by Gasteiger charge is 2.38. The molecule has 0 radical (unpaired) electrons. The van der Waals surface area contributed by atoms with Crippen molar-refractivity contribution < 1.29 is 23.1 Å². The first-order valence-corrected chi connectivity index (χ1v) is 8.67. The number of aliphatic carboxylic acids is 1. The number of rotatable bonds is 5. The molecule has 1 aromatic carbocycles. The highest BCUT2D eigenvalue weighted by Crippen LogP contribution is 2.37. The summed E-state index contributed by atoms with van der Waals surface area (Å²) in [4.78, 5) is 11.2. The Labute approximate surface area is 130 Å². The van der Waals surface area contributed by atoms with Gasteiger partial charge in [0.1, 0.15) is 5.75 Å². The molecule has 22 heavy (non-hydrogen) atoms. The molecule has 2 rings (SSSR count). The van der Waals surface area contributed by atoms with E-state index in [1.165, 1.54) is 11.4 Å². The van der Waals surface area contributed by atoms with Crippen LogP contribution in [0.3, 0.4) is 0 Å². The number of carboxylic acids is 1. The zero-order valence-electron chi connectivity index (χ0n) is 12.9. The van der Waals surface area contributed by atoms with Gasteiger partial charge in [-0.25, -0.2) is 8.42 Å². The van der Waals surface area contributed by atoms with Crippen LogP contribution in [0, 0.1) is 0 Å². The van der Waals surface area contributed by atoms with Crippen molar-refractivity contribution in [3.8, 4) is 5.75 Å². The molecule has 1 aliphatic heterocycles. The molecule has 0 spiro atoms. The number of carboxylic acid groups (broad SMARTS) is 1. The third kappa shape index (κ3) is 3.10. The molecule has 6 nitrogen and oxygen atoms in total. The fourth-order valence-electron chi connectivity index (χ4n) is 2.73. The maximum absolute atomic E-state index is 12.5. The van der Waals surface area contributed by atoms with E-state index in [4.69, 9.17) is 4.74 Å². The van der Waals surface area contributed by atoms with E-state index in [-0.39, 0.29) is 6.42 Å². The van der Waals surface area contributed by atoms with E-state index >= 15 is 0 Å². The third-order valence-corrected chi connectivity index (χ3v) is 6.23. The second kappa shape index (κ2) is 6.26. The summed E-state index contributed by atoms with van der Waals surface area (Å²) >= 11 is 0. The fraction of sp³-hybridized carbons (Fsp3) is 0.533. The Morgan fingerprint density at radius 3 is 2.68 bits per heavy atom. The van der Waals surface area contributed by atoms with Crippen LogP contribution in [-0.2, 0) is 21.2 Å². The molecule has 0 aromatic heterocycles. The molecule has 1 unspecified atom stereocenters. The van der Waals surface area contributed by atoms with Gasteiger partial charge in [0.05, 0.1) is 24.8 Å². The Morgan fingerprint density at radius 1 is 1.45 bits per heavy atom. The Balaban J connectivity index is 2.52. The van der Waals surface area contributed by atoms with Gasteiger partial charge >= 0.3 is 5.97 Å². The second-order valence-electron chi connectivity index (χ2n) is 5.63. The molecule has 0 saturated carbocycles. The van der Waals surface area contributed by atoms with Crippen LogP contribution < -0.4 is 4.74 Å². The fourth-order valence-corrected chi connectivity index (χ4v) is 4.16. The van der Waals surface area contributed by atoms with E-state index in [0.717, 1.165) is 11.1 Å². The van der Waals surface area contributed by atoms with E-state index in [1.807, 2.05) is 12.1 Å². The summed E-state index contributed by atoms with van der Waals surface area (Å²) in [6.45, 7) is 3.51. The average molecular weight is 327 g/mol. The Hall–Kier alpha value is -1.60. The molecule has 1 heterocycles. The molecule has 0 bridgehead atoms. The first kappa shape index (κ1) is 16.8. The standard InChI is InChI=1S/C15H21NO5S/c1-10(2)22(19,20)16-7-6-11-4-5-12(21-3)8-13(11)14(16)9-15(17)18/h4-5,8,10,14H,6-7,9H2,1-3H3,(H,17,18). The SMILES string of the molecule is COc1ccc2c(c1)C(CC(=O)O)N(S(=O)(=O)C(C)C)CC2. The van der Waals surface area contributed by atoms with Crippen LogP contribution in [0.2, 0.25) is 0 Å². The number of fused-ring (bicyclic) bond motifs is 1. The summed E-state index contributed by atoms with van der Waals surface area (Å²) in [5, 5.41) is 8.60. The van der Waals surface area contributed by atoms with E-state index < -0.39 is 27.3 Å². The van der Waals surface area contributed by atoms with Crippen LogP contribution in [0.5, 0.6) is 5.75 Å². The zero-order chi connectivity index (χ0) is 16.5. The summed E-state index contributed by atoms with van der Waals surface area (Å²) < 4.78 is 31.6. The zero-order valence-corrected chi connectivity index (χ0v) is 13.8. The summed E-state index contributed by atoms with van der Waals surface area (Å²) in [5.41, 5.74) is 1.69. The quantitative estimate of drug-likeness (QED) is 0.891. The number of carbonyl (C=O) groups is 1. The van der Waals surface area contributed by atoms with Crippen LogP contribution in [0.15, 0.2) is 18.2 Å². The summed E-state index contributed by atoms with van der Waals surface area (Å²) in [6.07, 6.45) is 0.313. The van der Waals surface area contributed by atoms with Gasteiger partial charge in [-0.2, -0.15) is 4.31 Å². The summed E-state index contributed by atoms with van der Waals surface area (Å²) in [5.74, 6) is -0.428. The predicted molar refractivity (Wildman–Crippen MR) is 82.5 cm³/mol. The molecule has 1 atom stereocenters. The average Bonchev–Trinajstić information content (AvgIpc) is 2.46. The molecule has 7 heteroatoms. The molecule has 1 aromatic rings. The van der Waals surface area contributed by atoms with Crippen molar-refractivity contribution in [2.75, 3.05) is 13.7 Å². The van der Waals surface area contributed by atoms with Gasteiger partial charge in [0.2, 0.25) is 10.0 Å². The van der Waals surface area contributed by atoms with Crippen molar-refractivity contribution >= 4 is 16.0 Å². The van der Waals surface area contributed by atoms with Crippen molar-refractivity contribution in [3.63, 3.8) is 0 Å². The monoisotopic (exact) mass is 327 g/mol. The first-order valence-electron chi connectivity index (χ1n) is 7.16. The van der Waals surface area contributed by atoms with Crippen LogP contribution in [-0.4, -0.2) is 42.7 Å². The van der Waals surface area contributed by atoms with Gasteiger partial charge in [-0.3, -0.25) is 4.79 Å². The topological polar surface area (TPSA) is 83.9 Å². The highest BCUT2D eigenvalue weighted by molar-refractivity contribution is 7.89. The first-order chi connectivity index (χ1) is 10.3. The molecule has 0 amide bonds. The smallest absolute Gasteiger partial charge is 0.305 e. The van der Waals surface area contributed by atoms with Gasteiger partial charge in [-0.15, -0.1) is 0 Å². The predicted octanol–water partition coefficient (Wildman–Crippen LogP) is 1.81. The minimum atomic E-state index is -3.53. The number of hydrogen-bond donors (Lipinski definition) is 1. The lowest BCUT2D eigenvalue weighted by Crippen LogP contribution is -2.44. The van der Waals surface area contributed by atoms with Gasteiger partial charge in [-0.05, 0) is 43.5 Å². The molecule has 122 valence electrons. The van der Waals surface area contributed by atoms with Crippen LogP contribution in [0.25, 0.3) is 0 Å². The number of methoxy groups -OCH3 is 1. The van der Waals surface area contributed by atoms with Crippen LogP contribution >= 0.6 is 0 Å². The number of benzene rings is 1. The third-order valence-electron chi connectivity index (χ3n) is 3.95. The molecular formula is C15H21NO5S. The minimum Gasteiger partial charge on any atom is -0.497 e. The maximum atomic E-state index is 12.5. The molecule has 1 aliphatic rings. The largest absolute Gasteiger partial charge is 0.497 e. The summed E-state index contributed by atoms with van der Waals surface area (Å²) in [6, 6.07) is 4.74. The van der Waals surface area contributed by atoms with Crippen molar-refractivity contribution in [2.24, 2.45) is 0 Å². The maximum Gasteiger partial charge on any atom is 0.305 e. The molecule has 0 fully saturated rings. The molecule has 0 aliphatic carbocycles.